The van der Waals surface area contributed by atoms with E-state index >= 15 is 0 Å². The molecular weight excluding hydrogens is 240 g/mol. The number of aryl methyl sites for hydroxylation is 3. The molecule has 0 aliphatic rings. The predicted molar refractivity (Wildman–Crippen MR) is 72.4 cm³/mol. The molecule has 0 bridgehead atoms. The fourth-order valence-electron chi connectivity index (χ4n) is 2.10. The quantitative estimate of drug-likeness (QED) is 0.714. The zero-order valence-corrected chi connectivity index (χ0v) is 11.1. The van der Waals surface area contributed by atoms with E-state index in [1.165, 1.54) is 11.1 Å². The van der Waals surface area contributed by atoms with E-state index in [0.717, 1.165) is 11.8 Å². The molecule has 1 aromatic carbocycles. The molecule has 19 heavy (non-hydrogen) atoms. The number of fused-ring (bicyclic) bond motifs is 1. The van der Waals surface area contributed by atoms with Gasteiger partial charge in [-0.3, -0.25) is 9.89 Å². The smallest absolute Gasteiger partial charge is 0.251 e. The zero-order chi connectivity index (χ0) is 13.6. The van der Waals surface area contributed by atoms with Crippen molar-refractivity contribution in [1.29, 1.82) is 0 Å². The summed E-state index contributed by atoms with van der Waals surface area (Å²) >= 11 is 0. The monoisotopic (exact) mass is 254 g/mol. The lowest BCUT2D eigenvalue weighted by atomic mass is 10.1. The Labute approximate surface area is 110 Å². The minimum atomic E-state index is 0.512. The summed E-state index contributed by atoms with van der Waals surface area (Å²) in [6.45, 7) is 5.93. The van der Waals surface area contributed by atoms with E-state index in [1.807, 2.05) is 6.07 Å². The number of hydrogen-bond donors (Lipinski definition) is 1. The molecule has 0 aliphatic carbocycles. The SMILES string of the molecule is Cc1ccc(-c2nc3nc(C)c(C=O)n3[nH]2)cc1C. The van der Waals surface area contributed by atoms with Crippen molar-refractivity contribution in [2.24, 2.45) is 0 Å². The average Bonchev–Trinajstić information content (AvgIpc) is 2.89. The lowest BCUT2D eigenvalue weighted by Gasteiger charge is -2.02. The van der Waals surface area contributed by atoms with Crippen LogP contribution in [0.5, 0.6) is 0 Å². The number of rotatable bonds is 2. The van der Waals surface area contributed by atoms with Crippen LogP contribution in [-0.2, 0) is 0 Å². The second kappa shape index (κ2) is 4.05. The van der Waals surface area contributed by atoms with Crippen LogP contribution in [0.2, 0.25) is 0 Å². The summed E-state index contributed by atoms with van der Waals surface area (Å²) in [6, 6.07) is 6.14. The summed E-state index contributed by atoms with van der Waals surface area (Å²) in [6.07, 6.45) is 0.789. The Hall–Kier alpha value is -2.43. The Bertz CT molecular complexity index is 782. The van der Waals surface area contributed by atoms with Gasteiger partial charge >= 0.3 is 0 Å². The highest BCUT2D eigenvalue weighted by molar-refractivity contribution is 5.76. The van der Waals surface area contributed by atoms with Crippen molar-refractivity contribution in [3.8, 4) is 11.4 Å². The molecule has 0 unspecified atom stereocenters. The molecular formula is C14H14N4O. The van der Waals surface area contributed by atoms with Gasteiger partial charge in [-0.15, -0.1) is 0 Å². The maximum atomic E-state index is 11.0. The summed E-state index contributed by atoms with van der Waals surface area (Å²) in [5, 5.41) is 3.11. The molecule has 0 spiro atoms. The van der Waals surface area contributed by atoms with Crippen molar-refractivity contribution in [2.75, 3.05) is 0 Å². The van der Waals surface area contributed by atoms with Crippen molar-refractivity contribution in [1.82, 2.24) is 19.6 Å². The molecule has 0 saturated carbocycles. The molecule has 0 atom stereocenters. The first-order chi connectivity index (χ1) is 9.10. The molecule has 0 amide bonds. The van der Waals surface area contributed by atoms with Gasteiger partial charge in [0, 0.05) is 5.56 Å². The number of nitrogens with one attached hydrogen (secondary N) is 1. The van der Waals surface area contributed by atoms with E-state index in [-0.39, 0.29) is 0 Å². The lowest BCUT2D eigenvalue weighted by molar-refractivity contribution is 0.111. The first-order valence-corrected chi connectivity index (χ1v) is 6.08. The molecule has 3 aromatic rings. The maximum Gasteiger partial charge on any atom is 0.251 e. The van der Waals surface area contributed by atoms with Gasteiger partial charge in [-0.25, -0.2) is 9.50 Å². The minimum Gasteiger partial charge on any atom is -0.296 e. The largest absolute Gasteiger partial charge is 0.296 e. The highest BCUT2D eigenvalue weighted by Crippen LogP contribution is 2.20. The van der Waals surface area contributed by atoms with Gasteiger partial charge in [0.05, 0.1) is 5.69 Å². The fourth-order valence-corrected chi connectivity index (χ4v) is 2.10. The molecule has 0 saturated heterocycles. The molecule has 3 rings (SSSR count). The molecule has 2 heterocycles. The Morgan fingerprint density at radius 1 is 1.16 bits per heavy atom. The topological polar surface area (TPSA) is 63.1 Å². The molecule has 5 nitrogen and oxygen atoms in total. The van der Waals surface area contributed by atoms with E-state index in [1.54, 1.807) is 11.4 Å². The number of imidazole rings is 1. The number of nitrogens with zero attached hydrogens (tertiary/aromatic N) is 3. The maximum absolute atomic E-state index is 11.0. The number of benzene rings is 1. The van der Waals surface area contributed by atoms with Crippen molar-refractivity contribution in [2.45, 2.75) is 20.8 Å². The summed E-state index contributed by atoms with van der Waals surface area (Å²) in [5.41, 5.74) is 4.63. The normalized spacial score (nSPS) is 11.1. The third kappa shape index (κ3) is 1.74. The van der Waals surface area contributed by atoms with Crippen molar-refractivity contribution >= 4 is 12.1 Å². The average molecular weight is 254 g/mol. The van der Waals surface area contributed by atoms with E-state index in [4.69, 9.17) is 0 Å². The summed E-state index contributed by atoms with van der Waals surface area (Å²) in [7, 11) is 0. The summed E-state index contributed by atoms with van der Waals surface area (Å²) in [4.78, 5) is 19.7. The van der Waals surface area contributed by atoms with E-state index in [9.17, 15) is 4.79 Å². The van der Waals surface area contributed by atoms with Gasteiger partial charge in [-0.1, -0.05) is 12.1 Å². The van der Waals surface area contributed by atoms with E-state index < -0.39 is 0 Å². The second-order valence-corrected chi connectivity index (χ2v) is 4.71. The van der Waals surface area contributed by atoms with Gasteiger partial charge in [0.1, 0.15) is 5.69 Å². The zero-order valence-electron chi connectivity index (χ0n) is 11.1. The Kier molecular flexibility index (Phi) is 2.48. The Morgan fingerprint density at radius 2 is 1.95 bits per heavy atom. The van der Waals surface area contributed by atoms with Gasteiger partial charge in [0.25, 0.3) is 5.78 Å². The molecule has 2 aromatic heterocycles. The van der Waals surface area contributed by atoms with Gasteiger partial charge in [-0.2, -0.15) is 4.98 Å². The van der Waals surface area contributed by atoms with Crippen LogP contribution >= 0.6 is 0 Å². The molecule has 0 radical (unpaired) electrons. The van der Waals surface area contributed by atoms with Crippen molar-refractivity contribution < 1.29 is 4.79 Å². The predicted octanol–water partition coefficient (Wildman–Crippen LogP) is 2.46. The number of aromatic nitrogens is 4. The van der Waals surface area contributed by atoms with Crippen molar-refractivity contribution in [3.05, 3.63) is 40.7 Å². The molecule has 0 aliphatic heterocycles. The fraction of sp³-hybridized carbons (Fsp3) is 0.214. The van der Waals surface area contributed by atoms with Crippen LogP contribution in [0.15, 0.2) is 18.2 Å². The van der Waals surface area contributed by atoms with E-state index in [0.29, 0.717) is 23.0 Å². The summed E-state index contributed by atoms with van der Waals surface area (Å²) < 4.78 is 1.62. The van der Waals surface area contributed by atoms with E-state index in [2.05, 4.69) is 41.0 Å². The number of hydrogen-bond acceptors (Lipinski definition) is 3. The highest BCUT2D eigenvalue weighted by Gasteiger charge is 2.13. The Balaban J connectivity index is 2.17. The number of carbonyl (C=O) groups excluding carboxylic acids is 1. The van der Waals surface area contributed by atoms with Crippen LogP contribution < -0.4 is 0 Å². The van der Waals surface area contributed by atoms with Crippen LogP contribution in [0.3, 0.4) is 0 Å². The number of H-pyrrole nitrogens is 1. The summed E-state index contributed by atoms with van der Waals surface area (Å²) in [5.74, 6) is 1.24. The first-order valence-electron chi connectivity index (χ1n) is 6.08. The standard InChI is InChI=1S/C14H14N4O/c1-8-4-5-11(6-9(8)2)13-16-14-15-10(3)12(7-19)18(14)17-13/h4-7H,1-3H3,(H,15,16,17). The third-order valence-electron chi connectivity index (χ3n) is 3.40. The Morgan fingerprint density at radius 3 is 2.63 bits per heavy atom. The second-order valence-electron chi connectivity index (χ2n) is 4.71. The lowest BCUT2D eigenvalue weighted by Crippen LogP contribution is -1.93. The number of aromatic amines is 1. The van der Waals surface area contributed by atoms with Gasteiger partial charge in [-0.05, 0) is 38.0 Å². The van der Waals surface area contributed by atoms with Gasteiger partial charge in [0.15, 0.2) is 12.1 Å². The number of carbonyl (C=O) groups is 1. The highest BCUT2D eigenvalue weighted by atomic mass is 16.1. The van der Waals surface area contributed by atoms with Gasteiger partial charge < -0.3 is 0 Å². The minimum absolute atomic E-state index is 0.512. The van der Waals surface area contributed by atoms with Crippen LogP contribution in [0, 0.1) is 20.8 Å². The number of aldehydes is 1. The molecule has 96 valence electrons. The van der Waals surface area contributed by atoms with Crippen molar-refractivity contribution in [3.63, 3.8) is 0 Å². The van der Waals surface area contributed by atoms with Crippen LogP contribution in [0.4, 0.5) is 0 Å². The molecule has 1 N–H and O–H groups in total. The van der Waals surface area contributed by atoms with Crippen LogP contribution in [0.25, 0.3) is 17.2 Å². The molecule has 5 heteroatoms. The van der Waals surface area contributed by atoms with Crippen LogP contribution in [-0.4, -0.2) is 25.9 Å². The third-order valence-corrected chi connectivity index (χ3v) is 3.40. The molecule has 0 fully saturated rings. The van der Waals surface area contributed by atoms with Crippen LogP contribution in [0.1, 0.15) is 27.3 Å². The first kappa shape index (κ1) is 11.6. The van der Waals surface area contributed by atoms with Gasteiger partial charge in [0.2, 0.25) is 0 Å².